The monoisotopic (exact) mass is 298 g/mol. The van der Waals surface area contributed by atoms with Crippen molar-refractivity contribution in [2.45, 2.75) is 25.3 Å². The molecular weight excluding hydrogens is 281 g/mol. The summed E-state index contributed by atoms with van der Waals surface area (Å²) in [5.41, 5.74) is 5.39. The summed E-state index contributed by atoms with van der Waals surface area (Å²) in [4.78, 5) is 13.8. The highest BCUT2D eigenvalue weighted by Gasteiger charge is 2.41. The molecule has 3 nitrogen and oxygen atoms in total. The number of nitrogens with zero attached hydrogens (tertiary/aromatic N) is 1. The number of likely N-dealkylation sites (tertiary alicyclic amines) is 1. The second-order valence-corrected chi connectivity index (χ2v) is 5.97. The average Bonchev–Trinajstić information content (AvgIpc) is 2.82. The Bertz CT molecular complexity index is 555. The first-order valence-electron chi connectivity index (χ1n) is 7.16. The van der Waals surface area contributed by atoms with Crippen molar-refractivity contribution in [1.29, 1.82) is 0 Å². The van der Waals surface area contributed by atoms with E-state index in [0.29, 0.717) is 31.1 Å². The minimum absolute atomic E-state index is 0.0319. The van der Waals surface area contributed by atoms with Gasteiger partial charge in [0, 0.05) is 31.3 Å². The first-order chi connectivity index (χ1) is 9.97. The third-order valence-corrected chi connectivity index (χ3v) is 4.66. The van der Waals surface area contributed by atoms with E-state index < -0.39 is 28.9 Å². The molecule has 114 valence electrons. The van der Waals surface area contributed by atoms with Gasteiger partial charge in [-0.05, 0) is 24.7 Å². The number of benzene rings is 1. The molecule has 1 aliphatic heterocycles. The van der Waals surface area contributed by atoms with E-state index in [0.717, 1.165) is 19.3 Å². The second kappa shape index (κ2) is 5.33. The number of halogens is 3. The summed E-state index contributed by atoms with van der Waals surface area (Å²) in [6, 6.07) is 1.10. The van der Waals surface area contributed by atoms with Gasteiger partial charge in [-0.25, -0.2) is 13.2 Å². The summed E-state index contributed by atoms with van der Waals surface area (Å²) < 4.78 is 40.3. The minimum atomic E-state index is -1.16. The Labute approximate surface area is 120 Å². The molecule has 1 aromatic carbocycles. The average molecular weight is 298 g/mol. The summed E-state index contributed by atoms with van der Waals surface area (Å²) in [5, 5.41) is 0. The van der Waals surface area contributed by atoms with E-state index in [4.69, 9.17) is 5.73 Å². The van der Waals surface area contributed by atoms with Gasteiger partial charge >= 0.3 is 0 Å². The molecule has 2 aliphatic rings. The molecule has 1 aliphatic carbocycles. The summed E-state index contributed by atoms with van der Waals surface area (Å²) in [6.45, 7) is 0.883. The third-order valence-electron chi connectivity index (χ3n) is 4.66. The van der Waals surface area contributed by atoms with E-state index in [-0.39, 0.29) is 12.0 Å². The maximum Gasteiger partial charge on any atom is 0.259 e. The third kappa shape index (κ3) is 2.52. The summed E-state index contributed by atoms with van der Waals surface area (Å²) in [7, 11) is 0. The number of nitrogens with two attached hydrogens (primary N) is 1. The van der Waals surface area contributed by atoms with Crippen LogP contribution in [0.15, 0.2) is 12.1 Å². The van der Waals surface area contributed by atoms with Gasteiger partial charge in [0.25, 0.3) is 5.91 Å². The van der Waals surface area contributed by atoms with Crippen LogP contribution in [0.1, 0.15) is 29.6 Å². The van der Waals surface area contributed by atoms with Crippen LogP contribution in [-0.2, 0) is 0 Å². The SMILES string of the molecule is NC1CCCC2CN(C(=O)c3c(F)cc(F)cc3F)CC12. The Morgan fingerprint density at radius 1 is 1.14 bits per heavy atom. The first-order valence-corrected chi connectivity index (χ1v) is 7.16. The Balaban J connectivity index is 1.84. The van der Waals surface area contributed by atoms with Crippen LogP contribution in [0.25, 0.3) is 0 Å². The largest absolute Gasteiger partial charge is 0.338 e. The zero-order valence-corrected chi connectivity index (χ0v) is 11.5. The van der Waals surface area contributed by atoms with Gasteiger partial charge in [0.2, 0.25) is 0 Å². The lowest BCUT2D eigenvalue weighted by molar-refractivity contribution is 0.0773. The zero-order valence-electron chi connectivity index (χ0n) is 11.5. The molecule has 1 amide bonds. The minimum Gasteiger partial charge on any atom is -0.338 e. The molecule has 6 heteroatoms. The van der Waals surface area contributed by atoms with Crippen molar-refractivity contribution in [2.24, 2.45) is 17.6 Å². The lowest BCUT2D eigenvalue weighted by Crippen LogP contribution is -2.38. The van der Waals surface area contributed by atoms with E-state index >= 15 is 0 Å². The summed E-state index contributed by atoms with van der Waals surface area (Å²) >= 11 is 0. The predicted molar refractivity (Wildman–Crippen MR) is 71.0 cm³/mol. The van der Waals surface area contributed by atoms with Gasteiger partial charge in [0.1, 0.15) is 23.0 Å². The second-order valence-electron chi connectivity index (χ2n) is 5.97. The fourth-order valence-corrected chi connectivity index (χ4v) is 3.59. The molecule has 3 rings (SSSR count). The van der Waals surface area contributed by atoms with E-state index in [1.54, 1.807) is 0 Å². The van der Waals surface area contributed by atoms with Gasteiger partial charge in [-0.2, -0.15) is 0 Å². The Morgan fingerprint density at radius 3 is 2.43 bits per heavy atom. The van der Waals surface area contributed by atoms with Gasteiger partial charge in [-0.3, -0.25) is 4.79 Å². The lowest BCUT2D eigenvalue weighted by Gasteiger charge is -2.29. The van der Waals surface area contributed by atoms with Crippen LogP contribution >= 0.6 is 0 Å². The fraction of sp³-hybridized carbons (Fsp3) is 0.533. The molecule has 3 atom stereocenters. The van der Waals surface area contributed by atoms with Crippen LogP contribution in [0, 0.1) is 29.3 Å². The van der Waals surface area contributed by atoms with Gasteiger partial charge in [-0.15, -0.1) is 0 Å². The molecule has 0 bridgehead atoms. The molecule has 2 N–H and O–H groups in total. The molecule has 1 saturated heterocycles. The molecule has 1 saturated carbocycles. The molecule has 0 spiro atoms. The maximum atomic E-state index is 13.7. The van der Waals surface area contributed by atoms with Crippen molar-refractivity contribution < 1.29 is 18.0 Å². The Hall–Kier alpha value is -1.56. The standard InChI is InChI=1S/C15H17F3N2O/c16-9-4-11(17)14(12(18)5-9)15(21)20-6-8-2-1-3-13(19)10(8)7-20/h4-5,8,10,13H,1-3,6-7,19H2. The van der Waals surface area contributed by atoms with Crippen molar-refractivity contribution >= 4 is 5.91 Å². The number of carbonyl (C=O) groups excluding carboxylic acids is 1. The van der Waals surface area contributed by atoms with E-state index in [1.807, 2.05) is 0 Å². The number of fused-ring (bicyclic) bond motifs is 1. The number of amides is 1. The van der Waals surface area contributed by atoms with Gasteiger partial charge < -0.3 is 10.6 Å². The molecule has 21 heavy (non-hydrogen) atoms. The number of hydrogen-bond acceptors (Lipinski definition) is 2. The summed E-state index contributed by atoms with van der Waals surface area (Å²) in [5.74, 6) is -3.57. The lowest BCUT2D eigenvalue weighted by atomic mass is 9.78. The highest BCUT2D eigenvalue weighted by Crippen LogP contribution is 2.36. The van der Waals surface area contributed by atoms with Crippen molar-refractivity contribution in [3.63, 3.8) is 0 Å². The van der Waals surface area contributed by atoms with Crippen molar-refractivity contribution in [2.75, 3.05) is 13.1 Å². The van der Waals surface area contributed by atoms with E-state index in [9.17, 15) is 18.0 Å². The Morgan fingerprint density at radius 2 is 1.81 bits per heavy atom. The number of rotatable bonds is 1. The first kappa shape index (κ1) is 14.4. The maximum absolute atomic E-state index is 13.7. The highest BCUT2D eigenvalue weighted by atomic mass is 19.1. The molecule has 1 heterocycles. The van der Waals surface area contributed by atoms with E-state index in [1.165, 1.54) is 4.90 Å². The van der Waals surface area contributed by atoms with Gasteiger partial charge in [-0.1, -0.05) is 6.42 Å². The van der Waals surface area contributed by atoms with Crippen LogP contribution in [0.4, 0.5) is 13.2 Å². The van der Waals surface area contributed by atoms with Crippen LogP contribution in [0.5, 0.6) is 0 Å². The molecule has 0 radical (unpaired) electrons. The molecule has 3 unspecified atom stereocenters. The molecular formula is C15H17F3N2O. The Kier molecular flexibility index (Phi) is 3.65. The van der Waals surface area contributed by atoms with Crippen molar-refractivity contribution in [3.05, 3.63) is 35.1 Å². The molecule has 1 aromatic rings. The van der Waals surface area contributed by atoms with Crippen LogP contribution in [-0.4, -0.2) is 29.9 Å². The zero-order chi connectivity index (χ0) is 15.1. The van der Waals surface area contributed by atoms with Crippen LogP contribution in [0.2, 0.25) is 0 Å². The fourth-order valence-electron chi connectivity index (χ4n) is 3.59. The van der Waals surface area contributed by atoms with Gasteiger partial charge in [0.15, 0.2) is 0 Å². The van der Waals surface area contributed by atoms with E-state index in [2.05, 4.69) is 0 Å². The van der Waals surface area contributed by atoms with Crippen LogP contribution < -0.4 is 5.73 Å². The normalized spacial score (nSPS) is 28.6. The number of carbonyl (C=O) groups is 1. The quantitative estimate of drug-likeness (QED) is 0.865. The molecule has 2 fully saturated rings. The van der Waals surface area contributed by atoms with Crippen molar-refractivity contribution in [3.8, 4) is 0 Å². The topological polar surface area (TPSA) is 46.3 Å². The molecule has 0 aromatic heterocycles. The van der Waals surface area contributed by atoms with Crippen molar-refractivity contribution in [1.82, 2.24) is 4.90 Å². The highest BCUT2D eigenvalue weighted by molar-refractivity contribution is 5.95. The number of hydrogen-bond donors (Lipinski definition) is 1. The predicted octanol–water partition coefficient (Wildman–Crippen LogP) is 2.30. The smallest absolute Gasteiger partial charge is 0.259 e. The summed E-state index contributed by atoms with van der Waals surface area (Å²) in [6.07, 6.45) is 2.92. The van der Waals surface area contributed by atoms with Gasteiger partial charge in [0.05, 0.1) is 0 Å². The van der Waals surface area contributed by atoms with Crippen LogP contribution in [0.3, 0.4) is 0 Å².